The van der Waals surface area contributed by atoms with Crippen LogP contribution >= 0.6 is 0 Å². The number of carbonyl (C=O) groups excluding carboxylic acids is 1. The van der Waals surface area contributed by atoms with Crippen molar-refractivity contribution in [3.8, 4) is 0 Å². The van der Waals surface area contributed by atoms with Crippen molar-refractivity contribution < 1.29 is 4.79 Å². The Bertz CT molecular complexity index is 196. The fourth-order valence-electron chi connectivity index (χ4n) is 0.773. The van der Waals surface area contributed by atoms with Gasteiger partial charge in [0.05, 0.1) is 0 Å². The molecule has 1 radical (unpaired) electrons. The highest BCUT2D eigenvalue weighted by Gasteiger charge is 1.90. The van der Waals surface area contributed by atoms with Crippen LogP contribution in [0.1, 0.15) is 0 Å². The summed E-state index contributed by atoms with van der Waals surface area (Å²) in [5.41, 5.74) is 1.11. The lowest BCUT2D eigenvalue weighted by Crippen LogP contribution is -2.12. The summed E-state index contributed by atoms with van der Waals surface area (Å²) in [6.07, 6.45) is 1.40. The first-order valence-corrected chi connectivity index (χ1v) is 3.25. The topological polar surface area (TPSA) is 17.1 Å². The lowest BCUT2D eigenvalue weighted by atomic mass is 9.68. The monoisotopic (exact) mass is 131 g/mol. The number of benzene rings is 1. The fourth-order valence-corrected chi connectivity index (χ4v) is 0.773. The first kappa shape index (κ1) is 7.07. The molecule has 2 heteroatoms. The number of aldehydes is 1. The summed E-state index contributed by atoms with van der Waals surface area (Å²) in [7, 11) is 1.90. The zero-order valence-electron chi connectivity index (χ0n) is 5.66. The molecule has 49 valence electrons. The average molecular weight is 131 g/mol. The van der Waals surface area contributed by atoms with E-state index in [9.17, 15) is 4.79 Å². The van der Waals surface area contributed by atoms with Gasteiger partial charge in [0.25, 0.3) is 0 Å². The van der Waals surface area contributed by atoms with Gasteiger partial charge in [-0.05, 0) is 6.32 Å². The Morgan fingerprint density at radius 3 is 2.60 bits per heavy atom. The smallest absolute Gasteiger partial charge is 0.159 e. The molecular weight excluding hydrogens is 123 g/mol. The maximum absolute atomic E-state index is 9.95. The normalized spacial score (nSPS) is 8.80. The first-order valence-electron chi connectivity index (χ1n) is 3.25. The molecule has 1 nitrogen and oxygen atoms in total. The highest BCUT2D eigenvalue weighted by atomic mass is 16.1. The molecule has 1 aromatic carbocycles. The second kappa shape index (κ2) is 3.88. The van der Waals surface area contributed by atoms with E-state index in [1.807, 2.05) is 37.6 Å². The zero-order valence-corrected chi connectivity index (χ0v) is 5.66. The predicted octanol–water partition coefficient (Wildman–Crippen LogP) is 0.633. The van der Waals surface area contributed by atoms with Gasteiger partial charge in [0.2, 0.25) is 0 Å². The van der Waals surface area contributed by atoms with Gasteiger partial charge in [0.1, 0.15) is 6.29 Å². The number of carbonyl (C=O) groups is 1. The summed E-state index contributed by atoms with van der Waals surface area (Å²) >= 11 is 0. The van der Waals surface area contributed by atoms with Crippen molar-refractivity contribution in [1.82, 2.24) is 0 Å². The largest absolute Gasteiger partial charge is 0.304 e. The van der Waals surface area contributed by atoms with Gasteiger partial charge in [-0.3, -0.25) is 0 Å². The van der Waals surface area contributed by atoms with E-state index in [1.165, 1.54) is 0 Å². The highest BCUT2D eigenvalue weighted by molar-refractivity contribution is 6.55. The van der Waals surface area contributed by atoms with Crippen molar-refractivity contribution in [3.05, 3.63) is 30.3 Å². The summed E-state index contributed by atoms with van der Waals surface area (Å²) in [6, 6.07) is 9.82. The number of hydrogen-bond acceptors (Lipinski definition) is 1. The van der Waals surface area contributed by atoms with Gasteiger partial charge in [0.15, 0.2) is 7.28 Å². The Morgan fingerprint density at radius 2 is 2.00 bits per heavy atom. The van der Waals surface area contributed by atoms with Crippen molar-refractivity contribution in [2.45, 2.75) is 6.32 Å². The minimum absolute atomic E-state index is 0.504. The lowest BCUT2D eigenvalue weighted by molar-refractivity contribution is -0.106. The Kier molecular flexibility index (Phi) is 2.74. The molecule has 1 rings (SSSR count). The third-order valence-corrected chi connectivity index (χ3v) is 1.25. The SMILES string of the molecule is O=CC[B]c1ccccc1. The Morgan fingerprint density at radius 1 is 1.30 bits per heavy atom. The van der Waals surface area contributed by atoms with E-state index in [0.29, 0.717) is 6.32 Å². The number of rotatable bonds is 3. The van der Waals surface area contributed by atoms with Crippen LogP contribution in [-0.2, 0) is 4.79 Å². The van der Waals surface area contributed by atoms with Crippen LogP contribution < -0.4 is 5.46 Å². The van der Waals surface area contributed by atoms with Crippen molar-refractivity contribution >= 4 is 19.0 Å². The van der Waals surface area contributed by atoms with E-state index < -0.39 is 0 Å². The molecule has 10 heavy (non-hydrogen) atoms. The van der Waals surface area contributed by atoms with E-state index in [4.69, 9.17) is 0 Å². The first-order chi connectivity index (χ1) is 4.93. The third-order valence-electron chi connectivity index (χ3n) is 1.25. The van der Waals surface area contributed by atoms with E-state index in [0.717, 1.165) is 11.7 Å². The van der Waals surface area contributed by atoms with Crippen molar-refractivity contribution in [2.24, 2.45) is 0 Å². The van der Waals surface area contributed by atoms with E-state index in [1.54, 1.807) is 0 Å². The van der Waals surface area contributed by atoms with Crippen LogP contribution in [0.2, 0.25) is 6.32 Å². The second-order valence-electron chi connectivity index (χ2n) is 2.02. The van der Waals surface area contributed by atoms with E-state index in [2.05, 4.69) is 0 Å². The molecule has 0 saturated heterocycles. The van der Waals surface area contributed by atoms with Gasteiger partial charge in [-0.1, -0.05) is 35.8 Å². The van der Waals surface area contributed by atoms with Crippen molar-refractivity contribution in [3.63, 3.8) is 0 Å². The highest BCUT2D eigenvalue weighted by Crippen LogP contribution is 1.82. The molecule has 0 saturated carbocycles. The van der Waals surface area contributed by atoms with Crippen molar-refractivity contribution in [1.29, 1.82) is 0 Å². The molecule has 1 aromatic rings. The second-order valence-corrected chi connectivity index (χ2v) is 2.02. The molecule has 0 spiro atoms. The van der Waals surface area contributed by atoms with Gasteiger partial charge in [-0.25, -0.2) is 0 Å². The Hall–Kier alpha value is -1.05. The Labute approximate surface area is 61.3 Å². The molecule has 0 amide bonds. The molecule has 0 aliphatic heterocycles. The van der Waals surface area contributed by atoms with Gasteiger partial charge < -0.3 is 4.79 Å². The lowest BCUT2D eigenvalue weighted by Gasteiger charge is -1.91. The molecule has 0 aliphatic rings. The van der Waals surface area contributed by atoms with Crippen LogP contribution in [0.25, 0.3) is 0 Å². The molecule has 0 N–H and O–H groups in total. The van der Waals surface area contributed by atoms with Gasteiger partial charge in [-0.15, -0.1) is 0 Å². The fraction of sp³-hybridized carbons (Fsp3) is 0.125. The minimum atomic E-state index is 0.504. The minimum Gasteiger partial charge on any atom is -0.304 e. The molecule has 0 atom stereocenters. The summed E-state index contributed by atoms with van der Waals surface area (Å²) in [4.78, 5) is 9.95. The molecule has 0 heterocycles. The summed E-state index contributed by atoms with van der Waals surface area (Å²) in [5.74, 6) is 0. The van der Waals surface area contributed by atoms with Gasteiger partial charge in [0, 0.05) is 0 Å². The zero-order chi connectivity index (χ0) is 7.23. The summed E-state index contributed by atoms with van der Waals surface area (Å²) in [6.45, 7) is 0. The molecule has 0 aromatic heterocycles. The summed E-state index contributed by atoms with van der Waals surface area (Å²) < 4.78 is 0. The van der Waals surface area contributed by atoms with Crippen molar-refractivity contribution in [2.75, 3.05) is 0 Å². The molecule has 0 unspecified atom stereocenters. The predicted molar refractivity (Wildman–Crippen MR) is 42.7 cm³/mol. The number of hydrogen-bond donors (Lipinski definition) is 0. The van der Waals surface area contributed by atoms with Crippen LogP contribution in [0, 0.1) is 0 Å². The maximum atomic E-state index is 9.95. The molecule has 0 fully saturated rings. The Balaban J connectivity index is 2.50. The van der Waals surface area contributed by atoms with Crippen LogP contribution in [0.5, 0.6) is 0 Å². The quantitative estimate of drug-likeness (QED) is 0.434. The maximum Gasteiger partial charge on any atom is 0.159 e. The van der Waals surface area contributed by atoms with Crippen LogP contribution in [0.4, 0.5) is 0 Å². The van der Waals surface area contributed by atoms with Crippen LogP contribution in [0.15, 0.2) is 30.3 Å². The van der Waals surface area contributed by atoms with Crippen LogP contribution in [-0.4, -0.2) is 13.6 Å². The summed E-state index contributed by atoms with van der Waals surface area (Å²) in [5, 5.41) is 0. The van der Waals surface area contributed by atoms with Gasteiger partial charge >= 0.3 is 0 Å². The third kappa shape index (κ3) is 2.06. The van der Waals surface area contributed by atoms with Crippen LogP contribution in [0.3, 0.4) is 0 Å². The van der Waals surface area contributed by atoms with E-state index >= 15 is 0 Å². The molecule has 0 bridgehead atoms. The molecular formula is C8H8BO. The van der Waals surface area contributed by atoms with E-state index in [-0.39, 0.29) is 0 Å². The standard InChI is InChI=1S/C8H8BO/c10-7-6-9-8-4-2-1-3-5-8/h1-5,7H,6H2. The van der Waals surface area contributed by atoms with Gasteiger partial charge in [-0.2, -0.15) is 0 Å². The average Bonchev–Trinajstić information content (AvgIpc) is 2.03. The molecule has 0 aliphatic carbocycles.